The van der Waals surface area contributed by atoms with Crippen LogP contribution in [0.5, 0.6) is 0 Å². The van der Waals surface area contributed by atoms with Gasteiger partial charge < -0.3 is 10.1 Å². The molecule has 0 saturated heterocycles. The van der Waals surface area contributed by atoms with E-state index < -0.39 is 5.97 Å². The third kappa shape index (κ3) is 5.58. The molecule has 24 heavy (non-hydrogen) atoms. The second kappa shape index (κ2) is 9.35. The molecule has 2 aromatic rings. The minimum atomic E-state index is -0.418. The second-order valence-corrected chi connectivity index (χ2v) is 6.52. The Morgan fingerprint density at radius 2 is 1.71 bits per heavy atom. The maximum absolute atomic E-state index is 11.8. The molecule has 4 nitrogen and oxygen atoms in total. The van der Waals surface area contributed by atoms with E-state index in [2.05, 4.69) is 5.32 Å². The predicted octanol–water partition coefficient (Wildman–Crippen LogP) is 3.45. The lowest BCUT2D eigenvalue weighted by molar-refractivity contribution is -0.145. The van der Waals surface area contributed by atoms with Crippen LogP contribution in [0.4, 0.5) is 0 Å². The smallest absolute Gasteiger partial charge is 0.316 e. The van der Waals surface area contributed by atoms with Crippen LogP contribution >= 0.6 is 23.4 Å². The normalized spacial score (nSPS) is 11.6. The van der Waals surface area contributed by atoms with E-state index in [1.807, 2.05) is 54.6 Å². The number of halogens is 1. The molecule has 126 valence electrons. The number of nitrogens with one attached hydrogen (secondary N) is 1. The van der Waals surface area contributed by atoms with Gasteiger partial charge in [-0.2, -0.15) is 0 Å². The Hall–Kier alpha value is -1.98. The molecule has 0 saturated carbocycles. The summed E-state index contributed by atoms with van der Waals surface area (Å²) in [6, 6.07) is 17.5. The van der Waals surface area contributed by atoms with E-state index in [1.165, 1.54) is 18.8 Å². The van der Waals surface area contributed by atoms with Crippen LogP contribution in [0.2, 0.25) is 5.02 Å². The molecule has 1 N–H and O–H groups in total. The Bertz CT molecular complexity index is 676. The highest BCUT2D eigenvalue weighted by Crippen LogP contribution is 2.36. The molecule has 0 aliphatic heterocycles. The number of esters is 1. The van der Waals surface area contributed by atoms with Crippen LogP contribution < -0.4 is 5.32 Å². The average molecular weight is 364 g/mol. The standard InChI is InChI=1S/C18H18ClNO3S/c1-20-16(21)11-23-17(22)12-24-18(13-5-3-2-4-6-13)14-7-9-15(19)10-8-14/h2-10,18H,11-12H2,1H3,(H,20,21)/t18-/m0/s1. The summed E-state index contributed by atoms with van der Waals surface area (Å²) in [7, 11) is 1.50. The average Bonchev–Trinajstić information content (AvgIpc) is 2.62. The Morgan fingerprint density at radius 3 is 2.33 bits per heavy atom. The van der Waals surface area contributed by atoms with E-state index in [-0.39, 0.29) is 23.5 Å². The molecule has 0 heterocycles. The lowest BCUT2D eigenvalue weighted by Crippen LogP contribution is -2.25. The van der Waals surface area contributed by atoms with Crippen molar-refractivity contribution in [2.45, 2.75) is 5.25 Å². The van der Waals surface area contributed by atoms with Crippen molar-refractivity contribution in [1.29, 1.82) is 0 Å². The van der Waals surface area contributed by atoms with E-state index in [9.17, 15) is 9.59 Å². The van der Waals surface area contributed by atoms with Crippen LogP contribution in [0, 0.1) is 0 Å². The molecule has 6 heteroatoms. The molecule has 0 unspecified atom stereocenters. The van der Waals surface area contributed by atoms with E-state index in [0.29, 0.717) is 5.02 Å². The third-order valence-corrected chi connectivity index (χ3v) is 4.82. The molecule has 2 aromatic carbocycles. The monoisotopic (exact) mass is 363 g/mol. The summed E-state index contributed by atoms with van der Waals surface area (Å²) < 4.78 is 4.94. The molecule has 2 rings (SSSR count). The van der Waals surface area contributed by atoms with Crippen LogP contribution in [0.1, 0.15) is 16.4 Å². The van der Waals surface area contributed by atoms with Crippen molar-refractivity contribution >= 4 is 35.2 Å². The van der Waals surface area contributed by atoms with E-state index in [4.69, 9.17) is 16.3 Å². The van der Waals surface area contributed by atoms with E-state index in [0.717, 1.165) is 11.1 Å². The Kier molecular flexibility index (Phi) is 7.15. The number of rotatable bonds is 7. The minimum Gasteiger partial charge on any atom is -0.455 e. The van der Waals surface area contributed by atoms with Crippen molar-refractivity contribution in [2.75, 3.05) is 19.4 Å². The molecular weight excluding hydrogens is 346 g/mol. The summed E-state index contributed by atoms with van der Waals surface area (Å²) in [5.41, 5.74) is 2.14. The second-order valence-electron chi connectivity index (χ2n) is 4.99. The lowest BCUT2D eigenvalue weighted by atomic mass is 10.0. The number of benzene rings is 2. The number of thioether (sulfide) groups is 1. The van der Waals surface area contributed by atoms with Gasteiger partial charge in [0.05, 0.1) is 11.0 Å². The molecule has 0 aliphatic carbocycles. The molecular formula is C18H18ClNO3S. The summed E-state index contributed by atoms with van der Waals surface area (Å²) in [4.78, 5) is 23.0. The Balaban J connectivity index is 2.05. The van der Waals surface area contributed by atoms with Crippen molar-refractivity contribution in [3.05, 3.63) is 70.7 Å². The highest BCUT2D eigenvalue weighted by molar-refractivity contribution is 8.00. The van der Waals surface area contributed by atoms with Gasteiger partial charge in [-0.05, 0) is 23.3 Å². The molecule has 0 aromatic heterocycles. The van der Waals surface area contributed by atoms with Gasteiger partial charge in [0, 0.05) is 12.1 Å². The number of hydrogen-bond donors (Lipinski definition) is 1. The number of carbonyl (C=O) groups is 2. The summed E-state index contributed by atoms with van der Waals surface area (Å²) in [5.74, 6) is -0.594. The quantitative estimate of drug-likeness (QED) is 0.765. The van der Waals surface area contributed by atoms with Gasteiger partial charge in [-0.3, -0.25) is 9.59 Å². The fourth-order valence-corrected chi connectivity index (χ4v) is 3.27. The fraction of sp³-hybridized carbons (Fsp3) is 0.222. The molecule has 0 fully saturated rings. The first-order valence-electron chi connectivity index (χ1n) is 7.38. The first-order valence-corrected chi connectivity index (χ1v) is 8.81. The highest BCUT2D eigenvalue weighted by Gasteiger charge is 2.17. The summed E-state index contributed by atoms with van der Waals surface area (Å²) >= 11 is 7.41. The maximum atomic E-state index is 11.8. The number of ether oxygens (including phenoxy) is 1. The van der Waals surface area contributed by atoms with E-state index in [1.54, 1.807) is 0 Å². The molecule has 0 spiro atoms. The number of amides is 1. The molecule has 0 bridgehead atoms. The molecule has 1 amide bonds. The van der Waals surface area contributed by atoms with Crippen molar-refractivity contribution in [3.63, 3.8) is 0 Å². The maximum Gasteiger partial charge on any atom is 0.316 e. The fourth-order valence-electron chi connectivity index (χ4n) is 2.06. The molecule has 0 radical (unpaired) electrons. The molecule has 0 aliphatic rings. The first-order chi connectivity index (χ1) is 11.6. The SMILES string of the molecule is CNC(=O)COC(=O)CS[C@@H](c1ccccc1)c1ccc(Cl)cc1. The van der Waals surface area contributed by atoms with Gasteiger partial charge in [0.1, 0.15) is 0 Å². The summed E-state index contributed by atoms with van der Waals surface area (Å²) in [6.07, 6.45) is 0. The van der Waals surface area contributed by atoms with Crippen LogP contribution in [0.3, 0.4) is 0 Å². The zero-order valence-corrected chi connectivity index (χ0v) is 14.8. The van der Waals surface area contributed by atoms with Crippen LogP contribution in [-0.4, -0.2) is 31.3 Å². The highest BCUT2D eigenvalue weighted by atomic mass is 35.5. The van der Waals surface area contributed by atoms with Crippen molar-refractivity contribution < 1.29 is 14.3 Å². The van der Waals surface area contributed by atoms with Gasteiger partial charge in [0.25, 0.3) is 5.91 Å². The van der Waals surface area contributed by atoms with Gasteiger partial charge in [0.15, 0.2) is 6.61 Å². The van der Waals surface area contributed by atoms with E-state index >= 15 is 0 Å². The van der Waals surface area contributed by atoms with Gasteiger partial charge >= 0.3 is 5.97 Å². The van der Waals surface area contributed by atoms with Gasteiger partial charge in [-0.25, -0.2) is 0 Å². The summed E-state index contributed by atoms with van der Waals surface area (Å²) in [5, 5.41) is 3.06. The number of carbonyl (C=O) groups excluding carboxylic acids is 2. The predicted molar refractivity (Wildman–Crippen MR) is 97.2 cm³/mol. The lowest BCUT2D eigenvalue weighted by Gasteiger charge is -2.17. The van der Waals surface area contributed by atoms with Crippen LogP contribution in [0.25, 0.3) is 0 Å². The first kappa shape index (κ1) is 18.4. The number of hydrogen-bond acceptors (Lipinski definition) is 4. The van der Waals surface area contributed by atoms with Crippen molar-refractivity contribution in [3.8, 4) is 0 Å². The van der Waals surface area contributed by atoms with Crippen LogP contribution in [0.15, 0.2) is 54.6 Å². The Labute approximate surface area is 150 Å². The van der Waals surface area contributed by atoms with Gasteiger partial charge in [0.2, 0.25) is 0 Å². The van der Waals surface area contributed by atoms with Crippen molar-refractivity contribution in [1.82, 2.24) is 5.32 Å². The largest absolute Gasteiger partial charge is 0.455 e. The Morgan fingerprint density at radius 1 is 1.08 bits per heavy atom. The van der Waals surface area contributed by atoms with Crippen LogP contribution in [-0.2, 0) is 14.3 Å². The van der Waals surface area contributed by atoms with Gasteiger partial charge in [-0.15, -0.1) is 11.8 Å². The topological polar surface area (TPSA) is 55.4 Å². The summed E-state index contributed by atoms with van der Waals surface area (Å²) in [6.45, 7) is -0.257. The zero-order valence-electron chi connectivity index (χ0n) is 13.2. The van der Waals surface area contributed by atoms with Crippen molar-refractivity contribution in [2.24, 2.45) is 0 Å². The number of likely N-dealkylation sites (N-methyl/N-ethyl adjacent to an activating group) is 1. The third-order valence-electron chi connectivity index (χ3n) is 3.29. The molecule has 1 atom stereocenters. The zero-order chi connectivity index (χ0) is 17.4. The van der Waals surface area contributed by atoms with Gasteiger partial charge in [-0.1, -0.05) is 54.1 Å². The minimum absolute atomic E-state index is 0.0176.